The summed E-state index contributed by atoms with van der Waals surface area (Å²) in [6.07, 6.45) is -0.441. The van der Waals surface area contributed by atoms with E-state index in [-0.39, 0.29) is 32.7 Å². The lowest BCUT2D eigenvalue weighted by atomic mass is 9.99. The molecule has 1 N–H and O–H groups in total. The Labute approximate surface area is 200 Å². The van der Waals surface area contributed by atoms with Gasteiger partial charge in [-0.2, -0.15) is 0 Å². The van der Waals surface area contributed by atoms with Crippen molar-refractivity contribution >= 4 is 18.0 Å². The molecule has 3 rings (SSSR count). The van der Waals surface area contributed by atoms with Gasteiger partial charge in [-0.15, -0.1) is 0 Å². The maximum Gasteiger partial charge on any atom is 0.408 e. The van der Waals surface area contributed by atoms with Gasteiger partial charge >= 0.3 is 18.0 Å². The molecule has 1 atom stereocenters. The summed E-state index contributed by atoms with van der Waals surface area (Å²) in [5.74, 6) is -0.965. The van der Waals surface area contributed by atoms with Crippen LogP contribution in [0.5, 0.6) is 0 Å². The monoisotopic (exact) mass is 468 g/mol. The Morgan fingerprint density at radius 3 is 2.03 bits per heavy atom. The summed E-state index contributed by atoms with van der Waals surface area (Å²) in [4.78, 5) is 39.9. The molecule has 0 spiro atoms. The second-order valence-electron chi connectivity index (χ2n) is 9.38. The number of hydrogen-bond acceptors (Lipinski definition) is 7. The molecule has 0 aromatic heterocycles. The van der Waals surface area contributed by atoms with Crippen LogP contribution < -0.4 is 5.32 Å². The number of amides is 1. The average molecular weight is 469 g/mol. The Morgan fingerprint density at radius 2 is 1.47 bits per heavy atom. The Kier molecular flexibility index (Phi) is 8.28. The van der Waals surface area contributed by atoms with E-state index in [2.05, 4.69) is 5.32 Å². The lowest BCUT2D eigenvalue weighted by Gasteiger charge is -2.28. The summed E-state index contributed by atoms with van der Waals surface area (Å²) in [7, 11) is 0. The molecule has 1 fully saturated rings. The minimum Gasteiger partial charge on any atom is -0.459 e. The number of carbonyl (C=O) groups excluding carboxylic acids is 3. The number of ether oxygens (including phenoxy) is 3. The van der Waals surface area contributed by atoms with Crippen LogP contribution in [0.2, 0.25) is 0 Å². The van der Waals surface area contributed by atoms with E-state index in [4.69, 9.17) is 14.2 Å². The molecular formula is C26H32N2O6. The Morgan fingerprint density at radius 1 is 0.912 bits per heavy atom. The van der Waals surface area contributed by atoms with Crippen LogP contribution in [0.15, 0.2) is 60.7 Å². The van der Waals surface area contributed by atoms with Gasteiger partial charge in [-0.05, 0) is 38.3 Å². The molecule has 1 saturated heterocycles. The number of carbonyl (C=O) groups is 3. The van der Waals surface area contributed by atoms with Crippen molar-refractivity contribution in [2.75, 3.05) is 19.6 Å². The molecule has 34 heavy (non-hydrogen) atoms. The SMILES string of the molecule is CC(C)(C)OC(=O)CN1CC[C@@](NC(=O)OCc2ccccc2)(C(=O)OCc2ccccc2)C1. The van der Waals surface area contributed by atoms with E-state index >= 15 is 0 Å². The Hall–Kier alpha value is -3.39. The smallest absolute Gasteiger partial charge is 0.408 e. The summed E-state index contributed by atoms with van der Waals surface area (Å²) < 4.78 is 16.3. The van der Waals surface area contributed by atoms with Gasteiger partial charge in [-0.25, -0.2) is 9.59 Å². The molecule has 0 saturated carbocycles. The third kappa shape index (κ3) is 7.59. The van der Waals surface area contributed by atoms with Crippen molar-refractivity contribution in [2.45, 2.75) is 51.5 Å². The highest BCUT2D eigenvalue weighted by Crippen LogP contribution is 2.24. The fraction of sp³-hybridized carbons (Fsp3) is 0.423. The van der Waals surface area contributed by atoms with Crippen molar-refractivity contribution in [1.29, 1.82) is 0 Å². The predicted molar refractivity (Wildman–Crippen MR) is 126 cm³/mol. The van der Waals surface area contributed by atoms with Gasteiger partial charge < -0.3 is 19.5 Å². The Bertz CT molecular complexity index is 974. The number of rotatable bonds is 8. The minimum atomic E-state index is -1.33. The van der Waals surface area contributed by atoms with Crippen molar-refractivity contribution in [3.63, 3.8) is 0 Å². The van der Waals surface area contributed by atoms with Crippen molar-refractivity contribution in [1.82, 2.24) is 10.2 Å². The molecule has 8 nitrogen and oxygen atoms in total. The largest absolute Gasteiger partial charge is 0.459 e. The normalized spacial score (nSPS) is 18.2. The zero-order valence-corrected chi connectivity index (χ0v) is 19.9. The maximum absolute atomic E-state index is 13.2. The second-order valence-corrected chi connectivity index (χ2v) is 9.38. The molecule has 1 heterocycles. The number of benzene rings is 2. The predicted octanol–water partition coefficient (Wildman–Crippen LogP) is 3.44. The summed E-state index contributed by atoms with van der Waals surface area (Å²) in [6, 6.07) is 18.6. The van der Waals surface area contributed by atoms with Crippen LogP contribution in [0.1, 0.15) is 38.3 Å². The highest BCUT2D eigenvalue weighted by atomic mass is 16.6. The summed E-state index contributed by atoms with van der Waals surface area (Å²) in [5, 5.41) is 2.72. The third-order valence-corrected chi connectivity index (χ3v) is 5.28. The van der Waals surface area contributed by atoms with E-state index in [1.807, 2.05) is 60.7 Å². The molecule has 182 valence electrons. The van der Waals surface area contributed by atoms with E-state index in [0.717, 1.165) is 11.1 Å². The molecule has 2 aromatic carbocycles. The lowest BCUT2D eigenvalue weighted by Crippen LogP contribution is -2.57. The molecule has 0 radical (unpaired) electrons. The molecule has 1 aliphatic heterocycles. The first-order valence-corrected chi connectivity index (χ1v) is 11.3. The maximum atomic E-state index is 13.2. The number of likely N-dealkylation sites (tertiary alicyclic amines) is 1. The number of nitrogens with zero attached hydrogens (tertiary/aromatic N) is 1. The number of esters is 2. The molecule has 0 aliphatic carbocycles. The number of nitrogens with one attached hydrogen (secondary N) is 1. The van der Waals surface area contributed by atoms with Gasteiger partial charge in [0.15, 0.2) is 5.54 Å². The topological polar surface area (TPSA) is 94.2 Å². The van der Waals surface area contributed by atoms with Crippen LogP contribution in [0.4, 0.5) is 4.79 Å². The minimum absolute atomic E-state index is 0.00568. The highest BCUT2D eigenvalue weighted by Gasteiger charge is 2.48. The first-order chi connectivity index (χ1) is 16.2. The van der Waals surface area contributed by atoms with Crippen LogP contribution in [-0.4, -0.2) is 53.7 Å². The molecule has 8 heteroatoms. The molecule has 0 unspecified atom stereocenters. The van der Waals surface area contributed by atoms with Gasteiger partial charge in [-0.3, -0.25) is 9.69 Å². The lowest BCUT2D eigenvalue weighted by molar-refractivity contribution is -0.157. The Balaban J connectivity index is 1.66. The molecule has 1 aliphatic rings. The zero-order chi connectivity index (χ0) is 24.6. The van der Waals surface area contributed by atoms with Crippen LogP contribution in [-0.2, 0) is 37.0 Å². The van der Waals surface area contributed by atoms with Crippen molar-refractivity contribution in [3.05, 3.63) is 71.8 Å². The first-order valence-electron chi connectivity index (χ1n) is 11.3. The molecular weight excluding hydrogens is 436 g/mol. The fourth-order valence-electron chi connectivity index (χ4n) is 3.72. The summed E-state index contributed by atoms with van der Waals surface area (Å²) in [5.41, 5.74) is -0.273. The second kappa shape index (κ2) is 11.2. The van der Waals surface area contributed by atoms with Crippen molar-refractivity contribution < 1.29 is 28.6 Å². The third-order valence-electron chi connectivity index (χ3n) is 5.28. The van der Waals surface area contributed by atoms with E-state index in [1.54, 1.807) is 25.7 Å². The van der Waals surface area contributed by atoms with E-state index in [9.17, 15) is 14.4 Å². The van der Waals surface area contributed by atoms with Gasteiger partial charge in [0.2, 0.25) is 0 Å². The van der Waals surface area contributed by atoms with Crippen LogP contribution >= 0.6 is 0 Å². The summed E-state index contributed by atoms with van der Waals surface area (Å²) >= 11 is 0. The molecule has 2 aromatic rings. The van der Waals surface area contributed by atoms with Crippen LogP contribution in [0.25, 0.3) is 0 Å². The van der Waals surface area contributed by atoms with Crippen molar-refractivity contribution in [3.8, 4) is 0 Å². The molecule has 1 amide bonds. The van der Waals surface area contributed by atoms with Gasteiger partial charge in [0.1, 0.15) is 18.8 Å². The quantitative estimate of drug-likeness (QED) is 0.468. The van der Waals surface area contributed by atoms with Gasteiger partial charge in [0, 0.05) is 13.1 Å². The van der Waals surface area contributed by atoms with Crippen LogP contribution in [0.3, 0.4) is 0 Å². The fourth-order valence-corrected chi connectivity index (χ4v) is 3.72. The van der Waals surface area contributed by atoms with Gasteiger partial charge in [-0.1, -0.05) is 60.7 Å². The van der Waals surface area contributed by atoms with Gasteiger partial charge in [0.05, 0.1) is 6.54 Å². The van der Waals surface area contributed by atoms with E-state index < -0.39 is 29.2 Å². The van der Waals surface area contributed by atoms with Crippen molar-refractivity contribution in [2.24, 2.45) is 0 Å². The van der Waals surface area contributed by atoms with Gasteiger partial charge in [0.25, 0.3) is 0 Å². The van der Waals surface area contributed by atoms with Crippen LogP contribution in [0, 0.1) is 0 Å². The van der Waals surface area contributed by atoms with E-state index in [0.29, 0.717) is 6.54 Å². The number of hydrogen-bond donors (Lipinski definition) is 1. The average Bonchev–Trinajstić information content (AvgIpc) is 3.19. The first kappa shape index (κ1) is 25.2. The molecule has 0 bridgehead atoms. The zero-order valence-electron chi connectivity index (χ0n) is 19.9. The standard InChI is InChI=1S/C26H32N2O6/c1-25(2,3)34-22(29)16-28-15-14-26(19-28,23(30)32-17-20-10-6-4-7-11-20)27-24(31)33-18-21-12-8-5-9-13-21/h4-13H,14-19H2,1-3H3,(H,27,31)/t26-/m0/s1. The number of alkyl carbamates (subject to hydrolysis) is 1. The van der Waals surface area contributed by atoms with E-state index in [1.165, 1.54) is 0 Å². The highest BCUT2D eigenvalue weighted by molar-refractivity contribution is 5.87. The summed E-state index contributed by atoms with van der Waals surface area (Å²) in [6.45, 7) is 6.07.